The third-order valence-electron chi connectivity index (χ3n) is 2.92. The molecule has 1 aromatic carbocycles. The Morgan fingerprint density at radius 3 is 2.55 bits per heavy atom. The minimum absolute atomic E-state index is 0.0180. The molecule has 1 aliphatic rings. The highest BCUT2D eigenvalue weighted by Crippen LogP contribution is 2.34. The molecule has 1 heterocycles. The highest BCUT2D eigenvalue weighted by molar-refractivity contribution is 9.10. The van der Waals surface area contributed by atoms with Crippen molar-refractivity contribution < 1.29 is 22.1 Å². The molecule has 0 atom stereocenters. The van der Waals surface area contributed by atoms with E-state index in [9.17, 15) is 17.4 Å². The van der Waals surface area contributed by atoms with Gasteiger partial charge in [-0.3, -0.25) is 4.21 Å². The van der Waals surface area contributed by atoms with E-state index >= 15 is 0 Å². The molecule has 0 bridgehead atoms. The van der Waals surface area contributed by atoms with E-state index in [2.05, 4.69) is 26.0 Å². The summed E-state index contributed by atoms with van der Waals surface area (Å²) in [6.07, 6.45) is -3.38. The number of hydrogen-bond donors (Lipinski definition) is 1. The van der Waals surface area contributed by atoms with Crippen molar-refractivity contribution >= 4 is 32.4 Å². The van der Waals surface area contributed by atoms with E-state index in [0.717, 1.165) is 0 Å². The van der Waals surface area contributed by atoms with E-state index in [1.54, 1.807) is 6.07 Å². The largest absolute Gasteiger partial charge is 0.573 e. The molecule has 1 saturated heterocycles. The average Bonchev–Trinajstić information content (AvgIpc) is 2.33. The number of anilines is 1. The van der Waals surface area contributed by atoms with Crippen LogP contribution in [0.5, 0.6) is 5.75 Å². The van der Waals surface area contributed by atoms with Crippen LogP contribution in [-0.4, -0.2) is 28.1 Å². The van der Waals surface area contributed by atoms with Crippen molar-refractivity contribution in [1.29, 1.82) is 0 Å². The Morgan fingerprint density at radius 2 is 1.95 bits per heavy atom. The lowest BCUT2D eigenvalue weighted by atomic mass is 10.1. The van der Waals surface area contributed by atoms with Crippen LogP contribution in [0.2, 0.25) is 0 Å². The molecule has 0 spiro atoms. The van der Waals surface area contributed by atoms with E-state index in [0.29, 0.717) is 34.5 Å². The highest BCUT2D eigenvalue weighted by Gasteiger charge is 2.32. The molecular formula is C12H13BrF3NO2S. The quantitative estimate of drug-likeness (QED) is 0.880. The first-order valence-electron chi connectivity index (χ1n) is 6.00. The number of hydrogen-bond acceptors (Lipinski definition) is 3. The van der Waals surface area contributed by atoms with Gasteiger partial charge in [0.1, 0.15) is 0 Å². The second-order valence-electron chi connectivity index (χ2n) is 4.45. The van der Waals surface area contributed by atoms with Crippen LogP contribution in [0, 0.1) is 0 Å². The molecule has 0 aromatic heterocycles. The second-order valence-corrected chi connectivity index (χ2v) is 7.07. The maximum Gasteiger partial charge on any atom is 0.573 e. The fourth-order valence-electron chi connectivity index (χ4n) is 1.98. The summed E-state index contributed by atoms with van der Waals surface area (Å²) in [7, 11) is -0.803. The van der Waals surface area contributed by atoms with Crippen molar-refractivity contribution in [3.63, 3.8) is 0 Å². The number of nitrogens with one attached hydrogen (secondary N) is 1. The average molecular weight is 372 g/mol. The zero-order chi connectivity index (χ0) is 14.8. The van der Waals surface area contributed by atoms with Gasteiger partial charge in [-0.25, -0.2) is 0 Å². The molecule has 0 radical (unpaired) electrons. The molecule has 1 aliphatic heterocycles. The smallest absolute Gasteiger partial charge is 0.404 e. The third-order valence-corrected chi connectivity index (χ3v) is 4.79. The number of alkyl halides is 3. The molecule has 0 aliphatic carbocycles. The normalized spacial score (nSPS) is 23.4. The molecule has 0 amide bonds. The van der Waals surface area contributed by atoms with E-state index in [1.165, 1.54) is 12.1 Å². The van der Waals surface area contributed by atoms with Crippen LogP contribution in [0.1, 0.15) is 12.8 Å². The van der Waals surface area contributed by atoms with Gasteiger partial charge in [-0.05, 0) is 31.0 Å². The number of benzene rings is 1. The first-order valence-corrected chi connectivity index (χ1v) is 8.28. The van der Waals surface area contributed by atoms with Crippen LogP contribution in [0.3, 0.4) is 0 Å². The van der Waals surface area contributed by atoms with Crippen LogP contribution in [0.15, 0.2) is 22.7 Å². The first-order chi connectivity index (χ1) is 9.33. The zero-order valence-electron chi connectivity index (χ0n) is 10.4. The molecule has 8 heteroatoms. The van der Waals surface area contributed by atoms with Crippen LogP contribution in [0.4, 0.5) is 18.9 Å². The van der Waals surface area contributed by atoms with Gasteiger partial charge in [-0.1, -0.05) is 15.9 Å². The van der Waals surface area contributed by atoms with Crippen molar-refractivity contribution in [3.05, 3.63) is 22.7 Å². The summed E-state index contributed by atoms with van der Waals surface area (Å²) in [5, 5.41) is 3.04. The predicted molar refractivity (Wildman–Crippen MR) is 75.3 cm³/mol. The van der Waals surface area contributed by atoms with E-state index in [-0.39, 0.29) is 11.8 Å². The van der Waals surface area contributed by atoms with Gasteiger partial charge in [-0.15, -0.1) is 13.2 Å². The van der Waals surface area contributed by atoms with E-state index in [1.807, 2.05) is 0 Å². The molecule has 3 nitrogen and oxygen atoms in total. The van der Waals surface area contributed by atoms with Gasteiger partial charge in [0.15, 0.2) is 5.75 Å². The van der Waals surface area contributed by atoms with Crippen molar-refractivity contribution in [2.75, 3.05) is 16.8 Å². The predicted octanol–water partition coefficient (Wildman–Crippen LogP) is 3.67. The van der Waals surface area contributed by atoms with Gasteiger partial charge in [0.2, 0.25) is 0 Å². The SMILES string of the molecule is O=S1CCC(Nc2ccc(Br)cc2OC(F)(F)F)CC1. The fraction of sp³-hybridized carbons (Fsp3) is 0.500. The number of rotatable bonds is 3. The summed E-state index contributed by atoms with van der Waals surface area (Å²) >= 11 is 3.12. The van der Waals surface area contributed by atoms with Gasteiger partial charge in [0.05, 0.1) is 5.69 Å². The maximum absolute atomic E-state index is 12.4. The lowest BCUT2D eigenvalue weighted by Crippen LogP contribution is -2.29. The summed E-state index contributed by atoms with van der Waals surface area (Å²) in [6.45, 7) is 0. The van der Waals surface area contributed by atoms with E-state index in [4.69, 9.17) is 0 Å². The Morgan fingerprint density at radius 1 is 1.30 bits per heavy atom. The molecule has 1 aromatic rings. The standard InChI is InChI=1S/C12H13BrF3NO2S/c13-8-1-2-10(11(7-8)19-12(14,15)16)17-9-3-5-20(18)6-4-9/h1-2,7,9,17H,3-6H2. The Kier molecular flexibility index (Phi) is 4.95. The molecule has 0 unspecified atom stereocenters. The lowest BCUT2D eigenvalue weighted by molar-refractivity contribution is -0.274. The summed E-state index contributed by atoms with van der Waals surface area (Å²) in [6, 6.07) is 4.48. The first kappa shape index (κ1) is 15.6. The van der Waals surface area contributed by atoms with Crippen molar-refractivity contribution in [2.45, 2.75) is 25.2 Å². The minimum atomic E-state index is -4.73. The van der Waals surface area contributed by atoms with Crippen LogP contribution < -0.4 is 10.1 Å². The topological polar surface area (TPSA) is 38.3 Å². The monoisotopic (exact) mass is 371 g/mol. The van der Waals surface area contributed by atoms with Crippen LogP contribution in [-0.2, 0) is 10.8 Å². The Labute approximate surface area is 125 Å². The summed E-state index contributed by atoms with van der Waals surface area (Å²) in [4.78, 5) is 0. The molecule has 112 valence electrons. The van der Waals surface area contributed by atoms with Crippen molar-refractivity contribution in [1.82, 2.24) is 0 Å². The van der Waals surface area contributed by atoms with Crippen molar-refractivity contribution in [3.8, 4) is 5.75 Å². The van der Waals surface area contributed by atoms with Gasteiger partial charge in [-0.2, -0.15) is 0 Å². The summed E-state index contributed by atoms with van der Waals surface area (Å²) in [5.41, 5.74) is 0.295. The summed E-state index contributed by atoms with van der Waals surface area (Å²) < 4.78 is 52.9. The maximum atomic E-state index is 12.4. The summed E-state index contributed by atoms with van der Waals surface area (Å²) in [5.74, 6) is 0.881. The second kappa shape index (κ2) is 6.34. The Balaban J connectivity index is 2.12. The molecular weight excluding hydrogens is 359 g/mol. The third kappa shape index (κ3) is 4.66. The molecule has 1 fully saturated rings. The van der Waals surface area contributed by atoms with Gasteiger partial charge < -0.3 is 10.1 Å². The van der Waals surface area contributed by atoms with Crippen LogP contribution >= 0.6 is 15.9 Å². The zero-order valence-corrected chi connectivity index (χ0v) is 12.8. The lowest BCUT2D eigenvalue weighted by Gasteiger charge is -2.25. The molecule has 20 heavy (non-hydrogen) atoms. The van der Waals surface area contributed by atoms with Crippen LogP contribution in [0.25, 0.3) is 0 Å². The Hall–Kier alpha value is -0.760. The van der Waals surface area contributed by atoms with Gasteiger partial charge in [0.25, 0.3) is 0 Å². The number of ether oxygens (including phenoxy) is 1. The van der Waals surface area contributed by atoms with Gasteiger partial charge in [0, 0.05) is 32.8 Å². The van der Waals surface area contributed by atoms with Gasteiger partial charge >= 0.3 is 6.36 Å². The molecule has 0 saturated carbocycles. The number of halogens is 4. The highest BCUT2D eigenvalue weighted by atomic mass is 79.9. The Bertz CT molecular complexity index is 500. The fourth-order valence-corrected chi connectivity index (χ4v) is 3.62. The molecule has 1 N–H and O–H groups in total. The van der Waals surface area contributed by atoms with Crippen molar-refractivity contribution in [2.24, 2.45) is 0 Å². The molecule has 2 rings (SSSR count). The van der Waals surface area contributed by atoms with E-state index < -0.39 is 17.2 Å². The minimum Gasteiger partial charge on any atom is -0.404 e.